The maximum absolute atomic E-state index is 16.2. The topological polar surface area (TPSA) is 0 Å². The summed E-state index contributed by atoms with van der Waals surface area (Å²) < 4.78 is 30.7. The van der Waals surface area contributed by atoms with Crippen molar-refractivity contribution < 1.29 is 26.7 Å². The molecule has 128 valence electrons. The molecule has 0 amide bonds. The standard InChI is InChI=1S/C12H19.C9H7.2FH.Zr/c1-6-7-12-10(4)8(2)9(3)11(12)5;1-2-5-9-7-3-6-8(9)4-1;;;/h6-7H2,1-5H3;1-7H;2*1H;/q;;;;+2/p-2. The summed E-state index contributed by atoms with van der Waals surface area (Å²) in [5.74, 6) is 0. The average molecular weight is 408 g/mol. The van der Waals surface area contributed by atoms with Crippen LogP contribution in [-0.4, -0.2) is 0 Å². The Kier molecular flexibility index (Phi) is 4.62. The Bertz CT molecular complexity index is 770. The van der Waals surface area contributed by atoms with Crippen LogP contribution in [0.3, 0.4) is 0 Å². The third kappa shape index (κ3) is 2.31. The van der Waals surface area contributed by atoms with Crippen molar-refractivity contribution in [3.8, 4) is 0 Å². The number of halogens is 2. The molecule has 0 saturated carbocycles. The van der Waals surface area contributed by atoms with Crippen LogP contribution in [0, 0.1) is 0 Å². The molecule has 0 heterocycles. The van der Waals surface area contributed by atoms with E-state index in [0.29, 0.717) is 0 Å². The van der Waals surface area contributed by atoms with E-state index in [1.807, 2.05) is 58.0 Å². The molecule has 2 aliphatic rings. The van der Waals surface area contributed by atoms with Crippen LogP contribution >= 0.6 is 0 Å². The van der Waals surface area contributed by atoms with E-state index in [2.05, 4.69) is 6.92 Å². The van der Waals surface area contributed by atoms with Crippen LogP contribution in [0.25, 0.3) is 6.08 Å². The first-order valence-corrected chi connectivity index (χ1v) is 13.3. The van der Waals surface area contributed by atoms with E-state index < -0.39 is 28.2 Å². The van der Waals surface area contributed by atoms with E-state index in [1.165, 1.54) is 0 Å². The Morgan fingerprint density at radius 3 is 2.42 bits per heavy atom. The minimum atomic E-state index is -5.59. The first-order chi connectivity index (χ1) is 11.3. The number of hydrogen-bond acceptors (Lipinski definition) is 0. The summed E-state index contributed by atoms with van der Waals surface area (Å²) in [7, 11) is 0. The van der Waals surface area contributed by atoms with Gasteiger partial charge in [0.25, 0.3) is 0 Å². The van der Waals surface area contributed by atoms with Gasteiger partial charge in [0, 0.05) is 0 Å². The molecule has 0 saturated heterocycles. The van der Waals surface area contributed by atoms with Crippen molar-refractivity contribution in [1.82, 2.24) is 0 Å². The molecule has 2 unspecified atom stereocenters. The van der Waals surface area contributed by atoms with Crippen LogP contribution in [0.5, 0.6) is 0 Å². The molecule has 0 aliphatic heterocycles. The molecule has 0 radical (unpaired) electrons. The minimum absolute atomic E-state index is 0.652. The van der Waals surface area contributed by atoms with Gasteiger partial charge in [0.2, 0.25) is 0 Å². The fourth-order valence-corrected chi connectivity index (χ4v) is 11.9. The molecule has 0 nitrogen and oxygen atoms in total. The van der Waals surface area contributed by atoms with E-state index in [-0.39, 0.29) is 0 Å². The van der Waals surface area contributed by atoms with E-state index in [0.717, 1.165) is 46.3 Å². The summed E-state index contributed by atoms with van der Waals surface area (Å²) >= 11 is -5.59. The van der Waals surface area contributed by atoms with Gasteiger partial charge in [0.1, 0.15) is 0 Å². The van der Waals surface area contributed by atoms with Crippen molar-refractivity contribution in [2.24, 2.45) is 0 Å². The molecule has 2 atom stereocenters. The fraction of sp³-hybridized carbons (Fsp3) is 0.429. The third-order valence-corrected chi connectivity index (χ3v) is 14.4. The molecule has 0 N–H and O–H groups in total. The van der Waals surface area contributed by atoms with Crippen molar-refractivity contribution in [2.45, 2.75) is 54.2 Å². The summed E-state index contributed by atoms with van der Waals surface area (Å²) in [6.07, 6.45) is 5.38. The zero-order valence-corrected chi connectivity index (χ0v) is 17.7. The van der Waals surface area contributed by atoms with Gasteiger partial charge in [-0.2, -0.15) is 0 Å². The second kappa shape index (κ2) is 6.16. The zero-order chi connectivity index (χ0) is 17.7. The van der Waals surface area contributed by atoms with Gasteiger partial charge in [0.15, 0.2) is 0 Å². The molecule has 0 bridgehead atoms. The van der Waals surface area contributed by atoms with Gasteiger partial charge in [-0.25, -0.2) is 0 Å². The van der Waals surface area contributed by atoms with E-state index in [4.69, 9.17) is 0 Å². The Hall–Kier alpha value is -0.817. The van der Waals surface area contributed by atoms with Gasteiger partial charge in [-0.1, -0.05) is 0 Å². The van der Waals surface area contributed by atoms with Gasteiger partial charge in [0.05, 0.1) is 0 Å². The summed E-state index contributed by atoms with van der Waals surface area (Å²) in [6, 6.07) is 7.66. The normalized spacial score (nSPS) is 26.5. The van der Waals surface area contributed by atoms with Crippen molar-refractivity contribution >= 4 is 6.08 Å². The number of fused-ring (bicyclic) bond motifs is 1. The Balaban J connectivity index is 2.14. The fourth-order valence-electron chi connectivity index (χ4n) is 4.50. The molecule has 1 aromatic carbocycles. The molecule has 0 spiro atoms. The van der Waals surface area contributed by atoms with Crippen LogP contribution in [-0.2, 0) is 21.5 Å². The van der Waals surface area contributed by atoms with E-state index in [9.17, 15) is 0 Å². The molecule has 3 heteroatoms. The van der Waals surface area contributed by atoms with E-state index >= 15 is 5.25 Å². The quantitative estimate of drug-likeness (QED) is 0.490. The maximum atomic E-state index is 16.2. The first-order valence-electron chi connectivity index (χ1n) is 8.80. The molecule has 2 aliphatic carbocycles. The Labute approximate surface area is 150 Å². The molecular formula is C21H26F2Zr. The Morgan fingerprint density at radius 1 is 1.08 bits per heavy atom. The van der Waals surface area contributed by atoms with Crippen molar-refractivity contribution in [2.75, 3.05) is 0 Å². The zero-order valence-electron chi connectivity index (χ0n) is 15.2. The predicted molar refractivity (Wildman–Crippen MR) is 94.8 cm³/mol. The third-order valence-electron chi connectivity index (χ3n) is 6.29. The van der Waals surface area contributed by atoms with Crippen LogP contribution in [0.2, 0.25) is 3.12 Å². The summed E-state index contributed by atoms with van der Waals surface area (Å²) in [4.78, 5) is 0. The molecule has 3 rings (SSSR count). The van der Waals surface area contributed by atoms with Crippen LogP contribution in [0.1, 0.15) is 62.2 Å². The number of benzene rings is 1. The molecule has 1 aromatic rings. The van der Waals surface area contributed by atoms with Crippen LogP contribution < -0.4 is 0 Å². The van der Waals surface area contributed by atoms with Crippen LogP contribution in [0.15, 0.2) is 52.6 Å². The number of hydrogen-bond donors (Lipinski definition) is 0. The van der Waals surface area contributed by atoms with Gasteiger partial charge in [-0.05, 0) is 0 Å². The van der Waals surface area contributed by atoms with Crippen molar-refractivity contribution in [3.63, 3.8) is 0 Å². The molecule has 0 aromatic heterocycles. The molecule has 0 fully saturated rings. The first kappa shape index (κ1) is 18.0. The van der Waals surface area contributed by atoms with Crippen molar-refractivity contribution in [1.29, 1.82) is 0 Å². The Morgan fingerprint density at radius 2 is 1.75 bits per heavy atom. The second-order valence-corrected chi connectivity index (χ2v) is 14.4. The second-order valence-electron chi connectivity index (χ2n) is 7.32. The predicted octanol–water partition coefficient (Wildman–Crippen LogP) is 7.32. The van der Waals surface area contributed by atoms with Gasteiger partial charge in [-0.15, -0.1) is 0 Å². The van der Waals surface area contributed by atoms with Gasteiger partial charge in [-0.3, -0.25) is 0 Å². The van der Waals surface area contributed by atoms with Gasteiger partial charge < -0.3 is 0 Å². The monoisotopic (exact) mass is 406 g/mol. The summed E-state index contributed by atoms with van der Waals surface area (Å²) in [5, 5.41) is 0. The average Bonchev–Trinajstić information content (AvgIpc) is 3.07. The summed E-state index contributed by atoms with van der Waals surface area (Å²) in [5.41, 5.74) is 5.94. The summed E-state index contributed by atoms with van der Waals surface area (Å²) in [6.45, 7) is 9.93. The molecular weight excluding hydrogens is 381 g/mol. The molecule has 24 heavy (non-hydrogen) atoms. The number of rotatable bonds is 4. The van der Waals surface area contributed by atoms with Gasteiger partial charge >= 0.3 is 151 Å². The number of allylic oxidation sites excluding steroid dienone is 5. The van der Waals surface area contributed by atoms with Crippen LogP contribution in [0.4, 0.5) is 5.25 Å². The van der Waals surface area contributed by atoms with E-state index in [1.54, 1.807) is 6.08 Å². The SMILES string of the molecule is CCCC1=C(C)C(C)=C(C)[C]1(C)[Zr]([F])([F])[CH]1C=Cc2ccccc21. The van der Waals surface area contributed by atoms with Crippen molar-refractivity contribution in [3.05, 3.63) is 63.8 Å².